The van der Waals surface area contributed by atoms with Gasteiger partial charge in [-0.3, -0.25) is 4.98 Å². The molecule has 0 amide bonds. The molecule has 1 aromatic carbocycles. The Hall–Kier alpha value is -1.45. The van der Waals surface area contributed by atoms with Crippen molar-refractivity contribution < 1.29 is 4.39 Å². The summed E-state index contributed by atoms with van der Waals surface area (Å²) in [6.45, 7) is 0. The minimum absolute atomic E-state index is 0.131. The molecular weight excluding hydrogens is 239 g/mol. The first kappa shape index (κ1) is 12.0. The van der Waals surface area contributed by atoms with Crippen LogP contribution in [-0.2, 0) is 6.42 Å². The third-order valence-corrected chi connectivity index (χ3v) is 2.88. The van der Waals surface area contributed by atoms with Crippen molar-refractivity contribution in [2.24, 2.45) is 5.73 Å². The molecule has 0 aliphatic rings. The predicted octanol–water partition coefficient (Wildman–Crippen LogP) is 3.12. The number of nitrogens with two attached hydrogens (primary N) is 1. The molecule has 1 atom stereocenters. The lowest BCUT2D eigenvalue weighted by atomic mass is 10.0. The molecule has 0 fully saturated rings. The number of pyridine rings is 1. The van der Waals surface area contributed by atoms with E-state index in [2.05, 4.69) is 4.98 Å². The van der Waals surface area contributed by atoms with E-state index in [0.29, 0.717) is 6.42 Å². The van der Waals surface area contributed by atoms with E-state index in [1.165, 1.54) is 6.07 Å². The SMILES string of the molecule is NC(Cc1ccc(Cl)c(F)c1)c1ccncc1. The second-order valence-corrected chi connectivity index (χ2v) is 4.25. The molecule has 0 saturated heterocycles. The van der Waals surface area contributed by atoms with Gasteiger partial charge in [-0.05, 0) is 41.8 Å². The topological polar surface area (TPSA) is 38.9 Å². The number of hydrogen-bond donors (Lipinski definition) is 1. The number of benzene rings is 1. The lowest BCUT2D eigenvalue weighted by Crippen LogP contribution is -2.13. The van der Waals surface area contributed by atoms with E-state index in [1.807, 2.05) is 12.1 Å². The van der Waals surface area contributed by atoms with Crippen LogP contribution in [0.25, 0.3) is 0 Å². The summed E-state index contributed by atoms with van der Waals surface area (Å²) >= 11 is 5.62. The van der Waals surface area contributed by atoms with Gasteiger partial charge in [0, 0.05) is 18.4 Å². The van der Waals surface area contributed by atoms with E-state index in [4.69, 9.17) is 17.3 Å². The van der Waals surface area contributed by atoms with Crippen LogP contribution in [0.3, 0.4) is 0 Å². The van der Waals surface area contributed by atoms with Crippen molar-refractivity contribution in [2.75, 3.05) is 0 Å². The van der Waals surface area contributed by atoms with Gasteiger partial charge in [0.1, 0.15) is 5.82 Å². The summed E-state index contributed by atoms with van der Waals surface area (Å²) in [5.74, 6) is -0.411. The molecule has 1 aromatic heterocycles. The largest absolute Gasteiger partial charge is 0.324 e. The molecule has 1 heterocycles. The molecule has 0 spiro atoms. The first-order valence-electron chi connectivity index (χ1n) is 5.26. The van der Waals surface area contributed by atoms with Gasteiger partial charge in [-0.2, -0.15) is 0 Å². The van der Waals surface area contributed by atoms with Crippen LogP contribution in [0.2, 0.25) is 5.02 Å². The third-order valence-electron chi connectivity index (χ3n) is 2.57. The summed E-state index contributed by atoms with van der Waals surface area (Å²) in [6.07, 6.45) is 3.95. The molecule has 2 nitrogen and oxygen atoms in total. The van der Waals surface area contributed by atoms with Crippen LogP contribution >= 0.6 is 11.6 Å². The molecule has 4 heteroatoms. The molecule has 0 bridgehead atoms. The molecule has 2 aromatic rings. The fourth-order valence-electron chi connectivity index (χ4n) is 1.65. The van der Waals surface area contributed by atoms with Crippen molar-refractivity contribution in [1.82, 2.24) is 4.98 Å². The summed E-state index contributed by atoms with van der Waals surface area (Å²) in [6, 6.07) is 8.30. The zero-order valence-electron chi connectivity index (χ0n) is 9.11. The number of aromatic nitrogens is 1. The lowest BCUT2D eigenvalue weighted by Gasteiger charge is -2.12. The van der Waals surface area contributed by atoms with Crippen LogP contribution < -0.4 is 5.73 Å². The molecule has 0 aliphatic heterocycles. The Morgan fingerprint density at radius 3 is 2.59 bits per heavy atom. The van der Waals surface area contributed by atoms with Gasteiger partial charge in [-0.1, -0.05) is 17.7 Å². The van der Waals surface area contributed by atoms with Crippen molar-refractivity contribution in [3.05, 3.63) is 64.7 Å². The summed E-state index contributed by atoms with van der Waals surface area (Å²) in [4.78, 5) is 3.93. The number of rotatable bonds is 3. The zero-order valence-corrected chi connectivity index (χ0v) is 9.86. The second-order valence-electron chi connectivity index (χ2n) is 3.84. The van der Waals surface area contributed by atoms with Crippen molar-refractivity contribution in [3.8, 4) is 0 Å². The monoisotopic (exact) mass is 250 g/mol. The van der Waals surface area contributed by atoms with E-state index < -0.39 is 5.82 Å². The number of hydrogen-bond acceptors (Lipinski definition) is 2. The van der Waals surface area contributed by atoms with Crippen LogP contribution in [0.15, 0.2) is 42.7 Å². The summed E-state index contributed by atoms with van der Waals surface area (Å²) < 4.78 is 13.2. The molecule has 17 heavy (non-hydrogen) atoms. The van der Waals surface area contributed by atoms with Crippen molar-refractivity contribution in [3.63, 3.8) is 0 Å². The number of halogens is 2. The quantitative estimate of drug-likeness (QED) is 0.909. The molecule has 2 N–H and O–H groups in total. The minimum Gasteiger partial charge on any atom is -0.324 e. The van der Waals surface area contributed by atoms with Gasteiger partial charge in [-0.15, -0.1) is 0 Å². The second kappa shape index (κ2) is 5.25. The highest BCUT2D eigenvalue weighted by molar-refractivity contribution is 6.30. The Balaban J connectivity index is 2.13. The predicted molar refractivity (Wildman–Crippen MR) is 66.3 cm³/mol. The van der Waals surface area contributed by atoms with Crippen LogP contribution in [0.1, 0.15) is 17.2 Å². The average Bonchev–Trinajstić information content (AvgIpc) is 2.35. The van der Waals surface area contributed by atoms with Gasteiger partial charge in [-0.25, -0.2) is 4.39 Å². The molecule has 0 aliphatic carbocycles. The highest BCUT2D eigenvalue weighted by Crippen LogP contribution is 2.20. The van der Waals surface area contributed by atoms with Gasteiger partial charge in [0.2, 0.25) is 0 Å². The third kappa shape index (κ3) is 3.02. The van der Waals surface area contributed by atoms with E-state index in [0.717, 1.165) is 11.1 Å². The van der Waals surface area contributed by atoms with Crippen LogP contribution in [0, 0.1) is 5.82 Å². The standard InChI is InChI=1S/C13H12ClFN2/c14-11-2-1-9(7-12(11)15)8-13(16)10-3-5-17-6-4-10/h1-7,13H,8,16H2. The normalized spacial score (nSPS) is 12.4. The Morgan fingerprint density at radius 2 is 1.94 bits per heavy atom. The maximum Gasteiger partial charge on any atom is 0.142 e. The van der Waals surface area contributed by atoms with Crippen LogP contribution in [0.5, 0.6) is 0 Å². The first-order chi connectivity index (χ1) is 8.16. The summed E-state index contributed by atoms with van der Waals surface area (Å²) in [5, 5.41) is 0.131. The Morgan fingerprint density at radius 1 is 1.24 bits per heavy atom. The van der Waals surface area contributed by atoms with E-state index in [-0.39, 0.29) is 11.1 Å². The van der Waals surface area contributed by atoms with Gasteiger partial charge in [0.25, 0.3) is 0 Å². The summed E-state index contributed by atoms with van der Waals surface area (Å²) in [5.41, 5.74) is 7.84. The van der Waals surface area contributed by atoms with Gasteiger partial charge < -0.3 is 5.73 Å². The van der Waals surface area contributed by atoms with Crippen molar-refractivity contribution >= 4 is 11.6 Å². The molecule has 0 radical (unpaired) electrons. The summed E-state index contributed by atoms with van der Waals surface area (Å²) in [7, 11) is 0. The van der Waals surface area contributed by atoms with E-state index in [1.54, 1.807) is 24.5 Å². The van der Waals surface area contributed by atoms with E-state index in [9.17, 15) is 4.39 Å². The fraction of sp³-hybridized carbons (Fsp3) is 0.154. The number of nitrogens with zero attached hydrogens (tertiary/aromatic N) is 1. The Bertz CT molecular complexity index is 502. The minimum atomic E-state index is -0.411. The average molecular weight is 251 g/mol. The van der Waals surface area contributed by atoms with Gasteiger partial charge in [0.15, 0.2) is 0 Å². The highest BCUT2D eigenvalue weighted by atomic mass is 35.5. The van der Waals surface area contributed by atoms with E-state index >= 15 is 0 Å². The van der Waals surface area contributed by atoms with Gasteiger partial charge in [0.05, 0.1) is 5.02 Å². The molecule has 0 saturated carbocycles. The molecule has 2 rings (SSSR count). The molecule has 1 unspecified atom stereocenters. The lowest BCUT2D eigenvalue weighted by molar-refractivity contribution is 0.622. The molecular formula is C13H12ClFN2. The highest BCUT2D eigenvalue weighted by Gasteiger charge is 2.08. The first-order valence-corrected chi connectivity index (χ1v) is 5.64. The molecule has 88 valence electrons. The fourth-order valence-corrected chi connectivity index (χ4v) is 1.77. The van der Waals surface area contributed by atoms with Crippen molar-refractivity contribution in [2.45, 2.75) is 12.5 Å². The zero-order chi connectivity index (χ0) is 12.3. The van der Waals surface area contributed by atoms with Crippen molar-refractivity contribution in [1.29, 1.82) is 0 Å². The maximum atomic E-state index is 13.2. The maximum absolute atomic E-state index is 13.2. The van der Waals surface area contributed by atoms with Crippen LogP contribution in [-0.4, -0.2) is 4.98 Å². The smallest absolute Gasteiger partial charge is 0.142 e. The van der Waals surface area contributed by atoms with Crippen LogP contribution in [0.4, 0.5) is 4.39 Å². The van der Waals surface area contributed by atoms with Gasteiger partial charge >= 0.3 is 0 Å². The Labute approximate surface area is 104 Å². The Kier molecular flexibility index (Phi) is 3.71.